The molecule has 0 aromatic heterocycles. The number of hydrogen-bond acceptors (Lipinski definition) is 3. The monoisotopic (exact) mass is 305 g/mol. The molecule has 0 amide bonds. The second kappa shape index (κ2) is 7.98. The molecule has 0 saturated carbocycles. The van der Waals surface area contributed by atoms with Gasteiger partial charge in [0.2, 0.25) is 0 Å². The van der Waals surface area contributed by atoms with Crippen molar-refractivity contribution in [3.05, 3.63) is 35.6 Å². The Balaban J connectivity index is 2.05. The molecule has 2 aliphatic rings. The summed E-state index contributed by atoms with van der Waals surface area (Å²) in [6.07, 6.45) is 13.0. The molecule has 22 heavy (non-hydrogen) atoms. The summed E-state index contributed by atoms with van der Waals surface area (Å²) < 4.78 is 12.4. The van der Waals surface area contributed by atoms with Gasteiger partial charge in [-0.2, -0.15) is 0 Å². The first-order valence-corrected chi connectivity index (χ1v) is 8.54. The van der Waals surface area contributed by atoms with Crippen LogP contribution < -0.4 is 0 Å². The molecule has 1 saturated heterocycles. The molecule has 0 aromatic carbocycles. The van der Waals surface area contributed by atoms with Crippen LogP contribution in [0.1, 0.15) is 46.5 Å². The maximum absolute atomic E-state index is 6.59. The van der Waals surface area contributed by atoms with Crippen molar-refractivity contribution in [2.75, 3.05) is 26.7 Å². The van der Waals surface area contributed by atoms with Gasteiger partial charge in [-0.3, -0.25) is 0 Å². The molecule has 1 aliphatic carbocycles. The van der Waals surface area contributed by atoms with Crippen LogP contribution in [0.4, 0.5) is 0 Å². The van der Waals surface area contributed by atoms with Crippen LogP contribution in [0.3, 0.4) is 0 Å². The van der Waals surface area contributed by atoms with Crippen molar-refractivity contribution in [3.63, 3.8) is 0 Å². The lowest BCUT2D eigenvalue weighted by atomic mass is 9.88. The Labute approximate surface area is 135 Å². The molecule has 3 heteroatoms. The Kier molecular flexibility index (Phi) is 6.27. The molecule has 0 spiro atoms. The van der Waals surface area contributed by atoms with E-state index in [9.17, 15) is 0 Å². The molecule has 3 nitrogen and oxygen atoms in total. The van der Waals surface area contributed by atoms with Crippen LogP contribution in [0.15, 0.2) is 35.6 Å². The van der Waals surface area contributed by atoms with Gasteiger partial charge < -0.3 is 14.4 Å². The van der Waals surface area contributed by atoms with E-state index < -0.39 is 0 Å². The Morgan fingerprint density at radius 3 is 2.68 bits per heavy atom. The number of piperidine rings is 1. The normalized spacial score (nSPS) is 22.2. The van der Waals surface area contributed by atoms with Gasteiger partial charge in [-0.15, -0.1) is 0 Å². The van der Waals surface area contributed by atoms with E-state index in [2.05, 4.69) is 57.0 Å². The van der Waals surface area contributed by atoms with Gasteiger partial charge in [0.25, 0.3) is 0 Å². The fourth-order valence-electron chi connectivity index (χ4n) is 2.97. The maximum atomic E-state index is 6.59. The molecule has 1 fully saturated rings. The summed E-state index contributed by atoms with van der Waals surface area (Å²) in [4.78, 5) is 2.39. The van der Waals surface area contributed by atoms with Crippen LogP contribution in [0, 0.1) is 0 Å². The standard InChI is InChI=1S/C19H31NO2/c1-16(2)21-15-12-19(10-13-20(4)14-11-19)22-18-9-7-5-6-8-17(18)3/h5-6,8-9,16H,7,10-15H2,1-4H3. The molecule has 0 aromatic rings. The Hall–Kier alpha value is -1.06. The van der Waals surface area contributed by atoms with E-state index >= 15 is 0 Å². The Morgan fingerprint density at radius 1 is 1.27 bits per heavy atom. The fraction of sp³-hybridized carbons (Fsp3) is 0.684. The van der Waals surface area contributed by atoms with E-state index in [1.807, 2.05) is 0 Å². The molecule has 2 rings (SSSR count). The minimum absolute atomic E-state index is 0.0767. The minimum atomic E-state index is -0.0767. The highest BCUT2D eigenvalue weighted by atomic mass is 16.5. The summed E-state index contributed by atoms with van der Waals surface area (Å²) in [6, 6.07) is 0. The molecule has 0 radical (unpaired) electrons. The third kappa shape index (κ3) is 4.99. The molecule has 0 unspecified atom stereocenters. The van der Waals surface area contributed by atoms with Gasteiger partial charge in [0, 0.05) is 19.5 Å². The molecule has 1 heterocycles. The molecule has 0 bridgehead atoms. The predicted octanol–water partition coefficient (Wildman–Crippen LogP) is 4.07. The lowest BCUT2D eigenvalue weighted by Crippen LogP contribution is -2.45. The highest BCUT2D eigenvalue weighted by molar-refractivity contribution is 5.31. The summed E-state index contributed by atoms with van der Waals surface area (Å²) >= 11 is 0. The predicted molar refractivity (Wildman–Crippen MR) is 91.8 cm³/mol. The zero-order valence-corrected chi connectivity index (χ0v) is 14.6. The van der Waals surface area contributed by atoms with Gasteiger partial charge in [-0.25, -0.2) is 0 Å². The van der Waals surface area contributed by atoms with Crippen molar-refractivity contribution < 1.29 is 9.47 Å². The second-order valence-corrected chi connectivity index (χ2v) is 6.84. The van der Waals surface area contributed by atoms with Gasteiger partial charge >= 0.3 is 0 Å². The number of hydrogen-bond donors (Lipinski definition) is 0. The van der Waals surface area contributed by atoms with E-state index in [-0.39, 0.29) is 11.7 Å². The Morgan fingerprint density at radius 2 is 2.00 bits per heavy atom. The SMILES string of the molecule is CC1=CC=CCC=C1OC1(CCOC(C)C)CCN(C)CC1. The molecular weight excluding hydrogens is 274 g/mol. The lowest BCUT2D eigenvalue weighted by molar-refractivity contribution is -0.0673. The average molecular weight is 305 g/mol. The number of rotatable bonds is 6. The van der Waals surface area contributed by atoms with Crippen molar-refractivity contribution in [3.8, 4) is 0 Å². The van der Waals surface area contributed by atoms with Gasteiger partial charge in [-0.05, 0) is 58.7 Å². The van der Waals surface area contributed by atoms with Crippen molar-refractivity contribution >= 4 is 0 Å². The van der Waals surface area contributed by atoms with E-state index in [0.717, 1.165) is 51.1 Å². The van der Waals surface area contributed by atoms with Crippen LogP contribution in [0.5, 0.6) is 0 Å². The molecule has 0 N–H and O–H groups in total. The van der Waals surface area contributed by atoms with Crippen LogP contribution in [0.2, 0.25) is 0 Å². The third-order valence-corrected chi connectivity index (χ3v) is 4.54. The maximum Gasteiger partial charge on any atom is 0.119 e. The van der Waals surface area contributed by atoms with Crippen LogP contribution in [-0.2, 0) is 9.47 Å². The van der Waals surface area contributed by atoms with Crippen LogP contribution in [-0.4, -0.2) is 43.3 Å². The first kappa shape index (κ1) is 17.3. The van der Waals surface area contributed by atoms with Crippen molar-refractivity contribution in [1.82, 2.24) is 4.90 Å². The molecule has 0 atom stereocenters. The highest BCUT2D eigenvalue weighted by Gasteiger charge is 2.36. The van der Waals surface area contributed by atoms with E-state index in [1.54, 1.807) is 0 Å². The lowest BCUT2D eigenvalue weighted by Gasteiger charge is -2.41. The zero-order valence-electron chi connectivity index (χ0n) is 14.6. The summed E-state index contributed by atoms with van der Waals surface area (Å²) in [5, 5.41) is 0. The summed E-state index contributed by atoms with van der Waals surface area (Å²) in [5.74, 6) is 1.05. The topological polar surface area (TPSA) is 21.7 Å². The van der Waals surface area contributed by atoms with E-state index in [1.165, 1.54) is 5.57 Å². The van der Waals surface area contributed by atoms with E-state index in [4.69, 9.17) is 9.47 Å². The first-order valence-electron chi connectivity index (χ1n) is 8.54. The largest absolute Gasteiger partial charge is 0.487 e. The summed E-state index contributed by atoms with van der Waals surface area (Å²) in [7, 11) is 2.19. The molecule has 1 aliphatic heterocycles. The molecule has 124 valence electrons. The van der Waals surface area contributed by atoms with Crippen molar-refractivity contribution in [1.29, 1.82) is 0 Å². The third-order valence-electron chi connectivity index (χ3n) is 4.54. The van der Waals surface area contributed by atoms with E-state index in [0.29, 0.717) is 0 Å². The van der Waals surface area contributed by atoms with Gasteiger partial charge in [0.05, 0.1) is 12.7 Å². The van der Waals surface area contributed by atoms with Crippen molar-refractivity contribution in [2.45, 2.75) is 58.2 Å². The average Bonchev–Trinajstić information content (AvgIpc) is 2.67. The second-order valence-electron chi connectivity index (χ2n) is 6.84. The van der Waals surface area contributed by atoms with Crippen molar-refractivity contribution in [2.24, 2.45) is 0 Å². The Bertz CT molecular complexity index is 440. The highest BCUT2D eigenvalue weighted by Crippen LogP contribution is 2.34. The molecular formula is C19H31NO2. The van der Waals surface area contributed by atoms with Crippen LogP contribution >= 0.6 is 0 Å². The number of allylic oxidation sites excluding steroid dienone is 5. The number of likely N-dealkylation sites (tertiary alicyclic amines) is 1. The zero-order chi connectivity index (χ0) is 16.0. The van der Waals surface area contributed by atoms with Gasteiger partial charge in [0.1, 0.15) is 11.4 Å². The first-order chi connectivity index (χ1) is 10.5. The number of nitrogens with zero attached hydrogens (tertiary/aromatic N) is 1. The summed E-state index contributed by atoms with van der Waals surface area (Å²) in [6.45, 7) is 9.28. The van der Waals surface area contributed by atoms with Gasteiger partial charge in [0.15, 0.2) is 0 Å². The minimum Gasteiger partial charge on any atom is -0.487 e. The number of ether oxygens (including phenoxy) is 2. The quantitative estimate of drug-likeness (QED) is 0.738. The van der Waals surface area contributed by atoms with Gasteiger partial charge in [-0.1, -0.05) is 18.2 Å². The van der Waals surface area contributed by atoms with Crippen LogP contribution in [0.25, 0.3) is 0 Å². The fourth-order valence-corrected chi connectivity index (χ4v) is 2.97. The smallest absolute Gasteiger partial charge is 0.119 e. The summed E-state index contributed by atoms with van der Waals surface area (Å²) in [5.41, 5.74) is 1.14.